The predicted molar refractivity (Wildman–Crippen MR) is 93.9 cm³/mol. The molecular formula is C18H24BrNO2. The zero-order chi connectivity index (χ0) is 16.9. The number of amides is 1. The molecule has 0 fully saturated rings. The number of benzene rings is 1. The molecule has 4 heteroatoms. The molecule has 3 nitrogen and oxygen atoms in total. The number of alkyl halides is 1. The number of nitrogens with zero attached hydrogens (tertiary/aromatic N) is 1. The van der Waals surface area contributed by atoms with Crippen molar-refractivity contribution in [3.63, 3.8) is 0 Å². The zero-order valence-corrected chi connectivity index (χ0v) is 15.7. The fourth-order valence-electron chi connectivity index (χ4n) is 2.79. The van der Waals surface area contributed by atoms with Crippen molar-refractivity contribution in [3.05, 3.63) is 29.3 Å². The molecule has 0 aliphatic carbocycles. The topological polar surface area (TPSA) is 37.4 Å². The van der Waals surface area contributed by atoms with Gasteiger partial charge in [-0.2, -0.15) is 0 Å². The van der Waals surface area contributed by atoms with E-state index in [-0.39, 0.29) is 17.7 Å². The van der Waals surface area contributed by atoms with Crippen LogP contribution in [0.25, 0.3) is 0 Å². The van der Waals surface area contributed by atoms with Crippen LogP contribution in [0, 0.1) is 5.41 Å². The molecule has 0 saturated heterocycles. The first-order valence-electron chi connectivity index (χ1n) is 7.63. The summed E-state index contributed by atoms with van der Waals surface area (Å²) in [6.45, 7) is 11.6. The van der Waals surface area contributed by atoms with Gasteiger partial charge >= 0.3 is 0 Å². The van der Waals surface area contributed by atoms with Crippen LogP contribution in [0.15, 0.2) is 18.2 Å². The van der Waals surface area contributed by atoms with Gasteiger partial charge in [0, 0.05) is 22.7 Å². The van der Waals surface area contributed by atoms with Gasteiger partial charge in [0.2, 0.25) is 5.91 Å². The number of fused-ring (bicyclic) bond motifs is 1. The second-order valence-electron chi connectivity index (χ2n) is 7.62. The lowest BCUT2D eigenvalue weighted by atomic mass is 9.94. The Balaban J connectivity index is 2.41. The van der Waals surface area contributed by atoms with Gasteiger partial charge in [0.05, 0.1) is 4.32 Å². The summed E-state index contributed by atoms with van der Waals surface area (Å²) in [4.78, 5) is 26.9. The van der Waals surface area contributed by atoms with Gasteiger partial charge in [0.15, 0.2) is 5.78 Å². The molecule has 0 aromatic heterocycles. The van der Waals surface area contributed by atoms with Crippen LogP contribution in [0.2, 0.25) is 0 Å². The van der Waals surface area contributed by atoms with Gasteiger partial charge in [-0.15, -0.1) is 0 Å². The van der Waals surface area contributed by atoms with Gasteiger partial charge in [0.25, 0.3) is 0 Å². The molecule has 2 rings (SSSR count). The zero-order valence-electron chi connectivity index (χ0n) is 14.2. The maximum Gasteiger partial charge on any atom is 0.232 e. The van der Waals surface area contributed by atoms with Crippen molar-refractivity contribution < 1.29 is 9.59 Å². The smallest absolute Gasteiger partial charge is 0.232 e. The van der Waals surface area contributed by atoms with E-state index in [9.17, 15) is 9.59 Å². The summed E-state index contributed by atoms with van der Waals surface area (Å²) in [6.07, 6.45) is 0.793. The van der Waals surface area contributed by atoms with E-state index in [0.717, 1.165) is 17.7 Å². The van der Waals surface area contributed by atoms with E-state index in [1.165, 1.54) is 0 Å². The standard InChI is InChI=1S/C18H24BrNO2/c1-11-9-13-10-12(15(21)18(5,6)19)7-8-14(13)20(11)16(22)17(2,3)4/h7-8,10-11H,9H2,1-6H3. The molecule has 1 aliphatic rings. The van der Waals surface area contributed by atoms with Gasteiger partial charge in [-0.05, 0) is 51.0 Å². The molecule has 1 atom stereocenters. The highest BCUT2D eigenvalue weighted by Crippen LogP contribution is 2.37. The Morgan fingerprint density at radius 2 is 1.77 bits per heavy atom. The Morgan fingerprint density at radius 1 is 1.18 bits per heavy atom. The van der Waals surface area contributed by atoms with Gasteiger partial charge in [-0.25, -0.2) is 0 Å². The summed E-state index contributed by atoms with van der Waals surface area (Å²) in [5.74, 6) is 0.183. The number of ketones is 1. The molecular weight excluding hydrogens is 342 g/mol. The lowest BCUT2D eigenvalue weighted by Gasteiger charge is -2.30. The molecule has 0 radical (unpaired) electrons. The summed E-state index contributed by atoms with van der Waals surface area (Å²) < 4.78 is -0.577. The number of hydrogen-bond donors (Lipinski definition) is 0. The van der Waals surface area contributed by atoms with Crippen LogP contribution in [-0.2, 0) is 11.2 Å². The minimum atomic E-state index is -0.577. The molecule has 0 bridgehead atoms. The highest BCUT2D eigenvalue weighted by atomic mass is 79.9. The first-order valence-corrected chi connectivity index (χ1v) is 8.42. The molecule has 1 heterocycles. The lowest BCUT2D eigenvalue weighted by Crippen LogP contribution is -2.42. The Bertz CT molecular complexity index is 623. The van der Waals surface area contributed by atoms with E-state index in [4.69, 9.17) is 0 Å². The number of carbonyl (C=O) groups is 2. The summed E-state index contributed by atoms with van der Waals surface area (Å²) in [7, 11) is 0. The lowest BCUT2D eigenvalue weighted by molar-refractivity contribution is -0.126. The van der Waals surface area contributed by atoms with Crippen molar-refractivity contribution >= 4 is 33.3 Å². The Hall–Kier alpha value is -1.16. The van der Waals surface area contributed by atoms with Crippen LogP contribution in [0.3, 0.4) is 0 Å². The maximum absolute atomic E-state index is 12.7. The maximum atomic E-state index is 12.7. The fourth-order valence-corrected chi connectivity index (χ4v) is 3.02. The Kier molecular flexibility index (Phi) is 4.29. The summed E-state index contributed by atoms with van der Waals surface area (Å²) in [5.41, 5.74) is 2.30. The third-order valence-electron chi connectivity index (χ3n) is 3.96. The van der Waals surface area contributed by atoms with Crippen molar-refractivity contribution in [1.82, 2.24) is 0 Å². The highest BCUT2D eigenvalue weighted by Gasteiger charge is 2.37. The molecule has 0 N–H and O–H groups in total. The number of Topliss-reactive ketones (excluding diaryl/α,β-unsaturated/α-hetero) is 1. The first-order chi connectivity index (χ1) is 9.93. The van der Waals surface area contributed by atoms with Crippen LogP contribution in [0.1, 0.15) is 57.5 Å². The molecule has 1 aliphatic heterocycles. The quantitative estimate of drug-likeness (QED) is 0.576. The van der Waals surface area contributed by atoms with E-state index in [1.54, 1.807) is 0 Å². The summed E-state index contributed by atoms with van der Waals surface area (Å²) >= 11 is 3.42. The van der Waals surface area contributed by atoms with E-state index in [0.29, 0.717) is 5.56 Å². The van der Waals surface area contributed by atoms with Crippen LogP contribution in [-0.4, -0.2) is 22.1 Å². The number of anilines is 1. The first kappa shape index (κ1) is 17.2. The Labute approximate surface area is 141 Å². The van der Waals surface area contributed by atoms with E-state index < -0.39 is 9.74 Å². The van der Waals surface area contributed by atoms with E-state index in [2.05, 4.69) is 22.9 Å². The number of carbonyl (C=O) groups excluding carboxylic acids is 2. The van der Waals surface area contributed by atoms with Crippen molar-refractivity contribution in [2.45, 2.75) is 58.3 Å². The third-order valence-corrected chi connectivity index (χ3v) is 4.32. The monoisotopic (exact) mass is 365 g/mol. The fraction of sp³-hybridized carbons (Fsp3) is 0.556. The molecule has 1 aromatic carbocycles. The van der Waals surface area contributed by atoms with Crippen LogP contribution < -0.4 is 4.90 Å². The minimum Gasteiger partial charge on any atom is -0.309 e. The van der Waals surface area contributed by atoms with E-state index in [1.807, 2.05) is 57.7 Å². The largest absolute Gasteiger partial charge is 0.309 e. The van der Waals surface area contributed by atoms with Gasteiger partial charge in [-0.1, -0.05) is 36.7 Å². The SMILES string of the molecule is CC1Cc2cc(C(=O)C(C)(C)Br)ccc2N1C(=O)C(C)(C)C. The van der Waals surface area contributed by atoms with Crippen LogP contribution in [0.5, 0.6) is 0 Å². The second kappa shape index (κ2) is 5.48. The molecule has 1 aromatic rings. The Morgan fingerprint density at radius 3 is 2.27 bits per heavy atom. The van der Waals surface area contributed by atoms with Crippen molar-refractivity contribution in [3.8, 4) is 0 Å². The average molecular weight is 366 g/mol. The third kappa shape index (κ3) is 3.12. The second-order valence-corrected chi connectivity index (χ2v) is 9.61. The number of rotatable bonds is 2. The normalized spacial score (nSPS) is 18.3. The van der Waals surface area contributed by atoms with E-state index >= 15 is 0 Å². The summed E-state index contributed by atoms with van der Waals surface area (Å²) in [5, 5.41) is 0. The average Bonchev–Trinajstić information content (AvgIpc) is 2.69. The van der Waals surface area contributed by atoms with Gasteiger partial charge in [0.1, 0.15) is 0 Å². The molecule has 0 spiro atoms. The van der Waals surface area contributed by atoms with Gasteiger partial charge < -0.3 is 4.90 Å². The number of halogens is 1. The predicted octanol–water partition coefficient (Wildman–Crippen LogP) is 4.37. The molecule has 120 valence electrons. The highest BCUT2D eigenvalue weighted by molar-refractivity contribution is 9.10. The minimum absolute atomic E-state index is 0.0588. The summed E-state index contributed by atoms with van der Waals surface area (Å²) in [6, 6.07) is 5.80. The molecule has 22 heavy (non-hydrogen) atoms. The molecule has 0 saturated carbocycles. The van der Waals surface area contributed by atoms with Crippen LogP contribution >= 0.6 is 15.9 Å². The van der Waals surface area contributed by atoms with Crippen molar-refractivity contribution in [1.29, 1.82) is 0 Å². The van der Waals surface area contributed by atoms with Crippen molar-refractivity contribution in [2.24, 2.45) is 5.41 Å². The van der Waals surface area contributed by atoms with Gasteiger partial charge in [-0.3, -0.25) is 9.59 Å². The van der Waals surface area contributed by atoms with Crippen molar-refractivity contribution in [2.75, 3.05) is 4.90 Å². The molecule has 1 amide bonds. The van der Waals surface area contributed by atoms with Crippen LogP contribution in [0.4, 0.5) is 5.69 Å². The number of hydrogen-bond acceptors (Lipinski definition) is 2. The molecule has 1 unspecified atom stereocenters.